The second kappa shape index (κ2) is 5.54. The Morgan fingerprint density at radius 1 is 1.47 bits per heavy atom. The molecule has 0 aromatic carbocycles. The van der Waals surface area contributed by atoms with Crippen LogP contribution in [0, 0.1) is 5.92 Å². The smallest absolute Gasteiger partial charge is 0.224 e. The van der Waals surface area contributed by atoms with Gasteiger partial charge in [0.25, 0.3) is 0 Å². The molecule has 2 N–H and O–H groups in total. The summed E-state index contributed by atoms with van der Waals surface area (Å²) in [7, 11) is 0. The van der Waals surface area contributed by atoms with Crippen molar-refractivity contribution in [3.8, 4) is 0 Å². The molecule has 0 spiro atoms. The first-order valence-electron chi connectivity index (χ1n) is 6.23. The van der Waals surface area contributed by atoms with Crippen molar-refractivity contribution in [2.45, 2.75) is 32.6 Å². The van der Waals surface area contributed by atoms with Gasteiger partial charge in [-0.15, -0.1) is 0 Å². The molecule has 0 unspecified atom stereocenters. The Kier molecular flexibility index (Phi) is 4.05. The third-order valence-corrected chi connectivity index (χ3v) is 3.56. The van der Waals surface area contributed by atoms with Crippen LogP contribution in [0.4, 0.5) is 11.5 Å². The molecule has 17 heavy (non-hydrogen) atoms. The lowest BCUT2D eigenvalue weighted by atomic mass is 9.92. The first kappa shape index (κ1) is 12.4. The summed E-state index contributed by atoms with van der Waals surface area (Å²) in [6, 6.07) is 0. The van der Waals surface area contributed by atoms with E-state index in [2.05, 4.69) is 21.8 Å². The highest BCUT2D eigenvalue weighted by molar-refractivity contribution is 6.28. The molecule has 1 saturated heterocycles. The first-order chi connectivity index (χ1) is 8.20. The van der Waals surface area contributed by atoms with Gasteiger partial charge in [0.1, 0.15) is 0 Å². The zero-order valence-electron chi connectivity index (χ0n) is 10.2. The third kappa shape index (κ3) is 3.00. The Bertz CT molecular complexity index is 375. The molecule has 5 heteroatoms. The van der Waals surface area contributed by atoms with E-state index >= 15 is 0 Å². The Morgan fingerprint density at radius 3 is 2.82 bits per heavy atom. The highest BCUT2D eigenvalue weighted by atomic mass is 35.5. The second-order valence-electron chi connectivity index (χ2n) is 4.64. The molecule has 0 saturated carbocycles. The van der Waals surface area contributed by atoms with Crippen molar-refractivity contribution in [2.75, 3.05) is 23.7 Å². The minimum absolute atomic E-state index is 0.268. The van der Waals surface area contributed by atoms with Crippen LogP contribution in [0.25, 0.3) is 0 Å². The summed E-state index contributed by atoms with van der Waals surface area (Å²) in [4.78, 5) is 10.3. The van der Waals surface area contributed by atoms with E-state index in [1.165, 1.54) is 25.7 Å². The number of hydrogen-bond donors (Lipinski definition) is 1. The minimum atomic E-state index is 0.268. The molecule has 0 amide bonds. The summed E-state index contributed by atoms with van der Waals surface area (Å²) in [6.07, 6.45) is 6.62. The molecule has 94 valence electrons. The van der Waals surface area contributed by atoms with E-state index in [0.717, 1.165) is 24.8 Å². The summed E-state index contributed by atoms with van der Waals surface area (Å²) < 4.78 is 0. The van der Waals surface area contributed by atoms with Crippen molar-refractivity contribution in [2.24, 2.45) is 5.92 Å². The predicted octanol–water partition coefficient (Wildman–Crippen LogP) is 2.73. The summed E-state index contributed by atoms with van der Waals surface area (Å²) in [5.41, 5.74) is 6.50. The molecule has 2 rings (SSSR count). The third-order valence-electron chi connectivity index (χ3n) is 3.38. The summed E-state index contributed by atoms with van der Waals surface area (Å²) >= 11 is 5.81. The van der Waals surface area contributed by atoms with Gasteiger partial charge in [0.05, 0.1) is 11.9 Å². The fourth-order valence-corrected chi connectivity index (χ4v) is 2.59. The molecule has 0 radical (unpaired) electrons. The lowest BCUT2D eigenvalue weighted by Gasteiger charge is -2.33. The maximum Gasteiger partial charge on any atom is 0.224 e. The van der Waals surface area contributed by atoms with E-state index < -0.39 is 0 Å². The van der Waals surface area contributed by atoms with E-state index in [-0.39, 0.29) is 5.28 Å². The molecule has 1 aliphatic rings. The van der Waals surface area contributed by atoms with E-state index in [0.29, 0.717) is 5.69 Å². The van der Waals surface area contributed by atoms with Gasteiger partial charge in [-0.25, -0.2) is 4.98 Å². The molecule has 0 bridgehead atoms. The van der Waals surface area contributed by atoms with Crippen LogP contribution >= 0.6 is 11.6 Å². The standard InChI is InChI=1S/C12H19ClN4/c1-2-3-9-4-6-17(7-5-9)11-10(14)8-15-12(13)16-11/h8-9H,2-7,14H2,1H3. The zero-order valence-corrected chi connectivity index (χ0v) is 11.0. The van der Waals surface area contributed by atoms with Crippen LogP contribution in [0.15, 0.2) is 6.20 Å². The van der Waals surface area contributed by atoms with Crippen molar-refractivity contribution in [1.82, 2.24) is 9.97 Å². The number of rotatable bonds is 3. The molecule has 4 nitrogen and oxygen atoms in total. The number of nitrogens with zero attached hydrogens (tertiary/aromatic N) is 3. The van der Waals surface area contributed by atoms with Crippen LogP contribution in [-0.4, -0.2) is 23.1 Å². The van der Waals surface area contributed by atoms with Crippen molar-refractivity contribution in [1.29, 1.82) is 0 Å². The van der Waals surface area contributed by atoms with Gasteiger partial charge >= 0.3 is 0 Å². The number of anilines is 2. The van der Waals surface area contributed by atoms with Gasteiger partial charge in [-0.2, -0.15) is 4.98 Å². The summed E-state index contributed by atoms with van der Waals surface area (Å²) in [5, 5.41) is 0.268. The molecule has 1 aromatic heterocycles. The van der Waals surface area contributed by atoms with Gasteiger partial charge in [-0.1, -0.05) is 19.8 Å². The van der Waals surface area contributed by atoms with Crippen LogP contribution in [-0.2, 0) is 0 Å². The maximum absolute atomic E-state index is 5.89. The molecule has 0 aliphatic carbocycles. The SMILES string of the molecule is CCCC1CCN(c2nc(Cl)ncc2N)CC1. The average Bonchev–Trinajstić information content (AvgIpc) is 2.34. The maximum atomic E-state index is 5.89. The molecular formula is C12H19ClN4. The van der Waals surface area contributed by atoms with Gasteiger partial charge < -0.3 is 10.6 Å². The fourth-order valence-electron chi connectivity index (χ4n) is 2.46. The van der Waals surface area contributed by atoms with E-state index in [1.807, 2.05) is 0 Å². The van der Waals surface area contributed by atoms with Crippen molar-refractivity contribution in [3.63, 3.8) is 0 Å². The van der Waals surface area contributed by atoms with Crippen molar-refractivity contribution < 1.29 is 0 Å². The molecule has 1 aromatic rings. The lowest BCUT2D eigenvalue weighted by molar-refractivity contribution is 0.377. The van der Waals surface area contributed by atoms with Gasteiger partial charge in [-0.3, -0.25) is 0 Å². The quantitative estimate of drug-likeness (QED) is 0.843. The molecule has 1 aliphatic heterocycles. The van der Waals surface area contributed by atoms with Crippen LogP contribution < -0.4 is 10.6 Å². The highest BCUT2D eigenvalue weighted by Crippen LogP contribution is 2.28. The largest absolute Gasteiger partial charge is 0.394 e. The predicted molar refractivity (Wildman–Crippen MR) is 71.3 cm³/mol. The zero-order chi connectivity index (χ0) is 12.3. The number of nitrogen functional groups attached to an aromatic ring is 1. The monoisotopic (exact) mass is 254 g/mol. The summed E-state index contributed by atoms with van der Waals surface area (Å²) in [6.45, 7) is 4.28. The molecule has 1 fully saturated rings. The minimum Gasteiger partial charge on any atom is -0.394 e. The topological polar surface area (TPSA) is 55.0 Å². The van der Waals surface area contributed by atoms with Crippen LogP contribution in [0.3, 0.4) is 0 Å². The van der Waals surface area contributed by atoms with Crippen LogP contribution in [0.2, 0.25) is 5.28 Å². The number of piperidine rings is 1. The summed E-state index contributed by atoms with van der Waals surface area (Å²) in [5.74, 6) is 1.65. The Labute approximate surface area is 107 Å². The lowest BCUT2D eigenvalue weighted by Crippen LogP contribution is -2.34. The number of hydrogen-bond acceptors (Lipinski definition) is 4. The van der Waals surface area contributed by atoms with Gasteiger partial charge in [0.2, 0.25) is 5.28 Å². The first-order valence-corrected chi connectivity index (χ1v) is 6.61. The number of halogens is 1. The Balaban J connectivity index is 2.02. The molecule has 2 heterocycles. The van der Waals surface area contributed by atoms with Crippen LogP contribution in [0.5, 0.6) is 0 Å². The van der Waals surface area contributed by atoms with Gasteiger partial charge in [0, 0.05) is 13.1 Å². The van der Waals surface area contributed by atoms with Gasteiger partial charge in [0.15, 0.2) is 5.82 Å². The van der Waals surface area contributed by atoms with Crippen molar-refractivity contribution in [3.05, 3.63) is 11.5 Å². The fraction of sp³-hybridized carbons (Fsp3) is 0.667. The number of nitrogens with two attached hydrogens (primary N) is 1. The van der Waals surface area contributed by atoms with E-state index in [4.69, 9.17) is 17.3 Å². The second-order valence-corrected chi connectivity index (χ2v) is 4.98. The molecule has 0 atom stereocenters. The average molecular weight is 255 g/mol. The van der Waals surface area contributed by atoms with Gasteiger partial charge in [-0.05, 0) is 30.4 Å². The number of aromatic nitrogens is 2. The Hall–Kier alpha value is -1.03. The van der Waals surface area contributed by atoms with Crippen molar-refractivity contribution >= 4 is 23.1 Å². The Morgan fingerprint density at radius 2 is 2.18 bits per heavy atom. The molecular weight excluding hydrogens is 236 g/mol. The van der Waals surface area contributed by atoms with E-state index in [1.54, 1.807) is 6.20 Å². The van der Waals surface area contributed by atoms with Crippen LogP contribution in [0.1, 0.15) is 32.6 Å². The normalized spacial score (nSPS) is 17.4. The highest BCUT2D eigenvalue weighted by Gasteiger charge is 2.21. The van der Waals surface area contributed by atoms with E-state index in [9.17, 15) is 0 Å².